The third-order valence-electron chi connectivity index (χ3n) is 4.48. The zero-order valence-electron chi connectivity index (χ0n) is 16.2. The number of hydrogen-bond donors (Lipinski definition) is 3. The van der Waals surface area contributed by atoms with Crippen molar-refractivity contribution in [3.8, 4) is 5.75 Å². The minimum absolute atomic E-state index is 0.323. The third kappa shape index (κ3) is 3.99. The van der Waals surface area contributed by atoms with Crippen LogP contribution in [0.3, 0.4) is 0 Å². The van der Waals surface area contributed by atoms with E-state index in [0.29, 0.717) is 35.7 Å². The molecule has 0 spiro atoms. The highest BCUT2D eigenvalue weighted by atomic mass is 16.5. The first kappa shape index (κ1) is 19.4. The van der Waals surface area contributed by atoms with Crippen molar-refractivity contribution in [3.05, 3.63) is 53.7 Å². The summed E-state index contributed by atoms with van der Waals surface area (Å²) in [6.07, 6.45) is 1.49. The van der Waals surface area contributed by atoms with Gasteiger partial charge in [-0.1, -0.05) is 18.2 Å². The van der Waals surface area contributed by atoms with Crippen molar-refractivity contribution in [1.29, 1.82) is 0 Å². The number of anilines is 3. The van der Waals surface area contributed by atoms with Crippen LogP contribution in [0.4, 0.5) is 17.1 Å². The van der Waals surface area contributed by atoms with Crippen molar-refractivity contribution in [1.82, 2.24) is 4.98 Å². The highest BCUT2D eigenvalue weighted by Gasteiger charge is 2.17. The Morgan fingerprint density at radius 2 is 1.96 bits per heavy atom. The highest BCUT2D eigenvalue weighted by Crippen LogP contribution is 2.36. The molecule has 7 nitrogen and oxygen atoms in total. The number of amides is 1. The average Bonchev–Trinajstić information content (AvgIpc) is 2.69. The van der Waals surface area contributed by atoms with E-state index in [1.54, 1.807) is 14.2 Å². The number of primary amides is 1. The number of nitrogens with two attached hydrogens (primary N) is 1. The van der Waals surface area contributed by atoms with Gasteiger partial charge in [0.2, 0.25) is 0 Å². The fraction of sp³-hybridized carbons (Fsp3) is 0.238. The number of pyridine rings is 1. The van der Waals surface area contributed by atoms with Crippen LogP contribution in [-0.2, 0) is 4.74 Å². The SMILES string of the molecule is COCCNc1cc2c(Nc3ccccc3C)c(C(N)=O)cnc2cc1OC. The summed E-state index contributed by atoms with van der Waals surface area (Å²) >= 11 is 0. The van der Waals surface area contributed by atoms with Crippen LogP contribution in [0, 0.1) is 6.92 Å². The molecule has 0 bridgehead atoms. The van der Waals surface area contributed by atoms with Crippen molar-refractivity contribution in [3.63, 3.8) is 0 Å². The molecule has 1 amide bonds. The van der Waals surface area contributed by atoms with E-state index < -0.39 is 5.91 Å². The maximum absolute atomic E-state index is 12.0. The normalized spacial score (nSPS) is 10.7. The number of carbonyl (C=O) groups is 1. The van der Waals surface area contributed by atoms with Crippen LogP contribution in [0.2, 0.25) is 0 Å². The van der Waals surface area contributed by atoms with E-state index in [1.165, 1.54) is 6.20 Å². The smallest absolute Gasteiger partial charge is 0.252 e. The number of aryl methyl sites for hydroxylation is 1. The maximum atomic E-state index is 12.0. The Hall–Kier alpha value is -3.32. The number of para-hydroxylation sites is 1. The number of benzene rings is 2. The van der Waals surface area contributed by atoms with Gasteiger partial charge in [-0.05, 0) is 24.6 Å². The molecule has 0 saturated heterocycles. The lowest BCUT2D eigenvalue weighted by Gasteiger charge is -2.17. The molecule has 3 aromatic rings. The van der Waals surface area contributed by atoms with Crippen LogP contribution in [0.5, 0.6) is 5.75 Å². The van der Waals surface area contributed by atoms with Gasteiger partial charge in [-0.25, -0.2) is 0 Å². The largest absolute Gasteiger partial charge is 0.495 e. The van der Waals surface area contributed by atoms with Crippen LogP contribution >= 0.6 is 0 Å². The number of ether oxygens (including phenoxy) is 2. The molecule has 146 valence electrons. The Balaban J connectivity index is 2.17. The van der Waals surface area contributed by atoms with Crippen molar-refractivity contribution >= 4 is 33.9 Å². The second-order valence-corrected chi connectivity index (χ2v) is 6.34. The summed E-state index contributed by atoms with van der Waals surface area (Å²) in [5.41, 5.74) is 9.96. The number of rotatable bonds is 8. The molecule has 0 aliphatic rings. The zero-order valence-corrected chi connectivity index (χ0v) is 16.2. The molecule has 28 heavy (non-hydrogen) atoms. The summed E-state index contributed by atoms with van der Waals surface area (Å²) in [4.78, 5) is 16.4. The molecule has 0 fully saturated rings. The summed E-state index contributed by atoms with van der Waals surface area (Å²) < 4.78 is 10.6. The van der Waals surface area contributed by atoms with E-state index in [1.807, 2.05) is 43.3 Å². The van der Waals surface area contributed by atoms with Gasteiger partial charge in [-0.3, -0.25) is 9.78 Å². The minimum Gasteiger partial charge on any atom is -0.495 e. The van der Waals surface area contributed by atoms with Crippen LogP contribution in [0.1, 0.15) is 15.9 Å². The predicted octanol–water partition coefficient (Wildman–Crippen LogP) is 3.45. The van der Waals surface area contributed by atoms with Gasteiger partial charge in [-0.15, -0.1) is 0 Å². The lowest BCUT2D eigenvalue weighted by Crippen LogP contribution is -2.14. The van der Waals surface area contributed by atoms with E-state index in [-0.39, 0.29) is 0 Å². The lowest BCUT2D eigenvalue weighted by atomic mass is 10.1. The molecule has 0 unspecified atom stereocenters. The first-order valence-corrected chi connectivity index (χ1v) is 8.91. The monoisotopic (exact) mass is 380 g/mol. The first-order chi connectivity index (χ1) is 13.5. The summed E-state index contributed by atoms with van der Waals surface area (Å²) in [5, 5.41) is 7.41. The molecular formula is C21H24N4O3. The van der Waals surface area contributed by atoms with Crippen molar-refractivity contribution in [2.75, 3.05) is 38.0 Å². The number of nitrogens with one attached hydrogen (secondary N) is 2. The number of fused-ring (bicyclic) bond motifs is 1. The van der Waals surface area contributed by atoms with E-state index in [9.17, 15) is 4.79 Å². The molecule has 2 aromatic carbocycles. The van der Waals surface area contributed by atoms with Gasteiger partial charge in [-0.2, -0.15) is 0 Å². The summed E-state index contributed by atoms with van der Waals surface area (Å²) in [6.45, 7) is 3.16. The van der Waals surface area contributed by atoms with Gasteiger partial charge < -0.3 is 25.8 Å². The van der Waals surface area contributed by atoms with Gasteiger partial charge in [0.1, 0.15) is 5.75 Å². The molecule has 0 radical (unpaired) electrons. The van der Waals surface area contributed by atoms with Gasteiger partial charge in [0.05, 0.1) is 36.2 Å². The average molecular weight is 380 g/mol. The van der Waals surface area contributed by atoms with Crippen LogP contribution < -0.4 is 21.1 Å². The topological polar surface area (TPSA) is 98.5 Å². The van der Waals surface area contributed by atoms with Crippen molar-refractivity contribution in [2.24, 2.45) is 5.73 Å². The molecule has 0 aliphatic heterocycles. The Labute approximate surface area is 163 Å². The minimum atomic E-state index is -0.546. The highest BCUT2D eigenvalue weighted by molar-refractivity contribution is 6.08. The Bertz CT molecular complexity index is 1000. The third-order valence-corrected chi connectivity index (χ3v) is 4.48. The molecule has 3 rings (SSSR count). The molecule has 7 heteroatoms. The Kier molecular flexibility index (Phi) is 5.96. The predicted molar refractivity (Wildman–Crippen MR) is 112 cm³/mol. The molecule has 1 aromatic heterocycles. The molecule has 1 heterocycles. The molecule has 0 saturated carbocycles. The molecule has 4 N–H and O–H groups in total. The zero-order chi connectivity index (χ0) is 20.1. The fourth-order valence-corrected chi connectivity index (χ4v) is 2.98. The van der Waals surface area contributed by atoms with Crippen molar-refractivity contribution < 1.29 is 14.3 Å². The maximum Gasteiger partial charge on any atom is 0.252 e. The van der Waals surface area contributed by atoms with Crippen LogP contribution in [0.15, 0.2) is 42.6 Å². The van der Waals surface area contributed by atoms with Gasteiger partial charge >= 0.3 is 0 Å². The standard InChI is InChI=1S/C21H24N4O3/c1-13-6-4-5-7-16(13)25-20-14-10-18(23-8-9-27-2)19(28-3)11-17(14)24-12-15(20)21(22)26/h4-7,10-12,23H,8-9H2,1-3H3,(H2,22,26)(H,24,25). The van der Waals surface area contributed by atoms with Gasteiger partial charge in [0.15, 0.2) is 0 Å². The Morgan fingerprint density at radius 1 is 1.18 bits per heavy atom. The van der Waals surface area contributed by atoms with Crippen molar-refractivity contribution in [2.45, 2.75) is 6.92 Å². The number of hydrogen-bond acceptors (Lipinski definition) is 6. The summed E-state index contributed by atoms with van der Waals surface area (Å²) in [6, 6.07) is 11.6. The second kappa shape index (κ2) is 8.58. The van der Waals surface area contributed by atoms with E-state index >= 15 is 0 Å². The number of carbonyl (C=O) groups excluding carboxylic acids is 1. The number of aromatic nitrogens is 1. The Morgan fingerprint density at radius 3 is 2.64 bits per heavy atom. The van der Waals surface area contributed by atoms with E-state index in [4.69, 9.17) is 15.2 Å². The van der Waals surface area contributed by atoms with Crippen LogP contribution in [0.25, 0.3) is 10.9 Å². The van der Waals surface area contributed by atoms with E-state index in [2.05, 4.69) is 15.6 Å². The first-order valence-electron chi connectivity index (χ1n) is 8.91. The second-order valence-electron chi connectivity index (χ2n) is 6.34. The lowest BCUT2D eigenvalue weighted by molar-refractivity contribution is 0.100. The van der Waals surface area contributed by atoms with E-state index in [0.717, 1.165) is 22.3 Å². The van der Waals surface area contributed by atoms with Gasteiger partial charge in [0, 0.05) is 37.0 Å². The summed E-state index contributed by atoms with van der Waals surface area (Å²) in [7, 11) is 3.25. The summed E-state index contributed by atoms with van der Waals surface area (Å²) in [5.74, 6) is 0.111. The number of methoxy groups -OCH3 is 2. The molecule has 0 atom stereocenters. The van der Waals surface area contributed by atoms with Gasteiger partial charge in [0.25, 0.3) is 5.91 Å². The molecule has 0 aliphatic carbocycles. The molecular weight excluding hydrogens is 356 g/mol. The fourth-order valence-electron chi connectivity index (χ4n) is 2.98. The quantitative estimate of drug-likeness (QED) is 0.518. The van der Waals surface area contributed by atoms with Crippen LogP contribution in [-0.4, -0.2) is 38.3 Å². The number of nitrogens with zero attached hydrogens (tertiary/aromatic N) is 1.